The Morgan fingerprint density at radius 3 is 2.44 bits per heavy atom. The molecule has 27 heavy (non-hydrogen) atoms. The van der Waals surface area contributed by atoms with E-state index in [1.54, 1.807) is 43.5 Å². The molecular weight excluding hydrogens is 366 g/mol. The largest absolute Gasteiger partial charge is 0.497 e. The Kier molecular flexibility index (Phi) is 5.79. The molecule has 2 aromatic rings. The van der Waals surface area contributed by atoms with Crippen molar-refractivity contribution >= 4 is 21.6 Å². The van der Waals surface area contributed by atoms with Crippen molar-refractivity contribution in [1.29, 1.82) is 0 Å². The summed E-state index contributed by atoms with van der Waals surface area (Å²) in [4.78, 5) is 14.8. The minimum atomic E-state index is -3.62. The molecule has 0 saturated carbocycles. The van der Waals surface area contributed by atoms with Gasteiger partial charge in [-0.05, 0) is 37.4 Å². The molecule has 1 saturated heterocycles. The maximum Gasteiger partial charge on any atom is 0.255 e. The van der Waals surface area contributed by atoms with E-state index in [0.29, 0.717) is 37.6 Å². The molecule has 0 unspecified atom stereocenters. The van der Waals surface area contributed by atoms with Crippen LogP contribution in [0.5, 0.6) is 5.75 Å². The quantitative estimate of drug-likeness (QED) is 0.845. The average Bonchev–Trinajstić information content (AvgIpc) is 2.68. The van der Waals surface area contributed by atoms with Gasteiger partial charge < -0.3 is 15.0 Å². The fourth-order valence-electron chi connectivity index (χ4n) is 2.88. The fraction of sp³-hybridized carbons (Fsp3) is 0.316. The fourth-order valence-corrected chi connectivity index (χ4v) is 4.35. The number of anilines is 1. The van der Waals surface area contributed by atoms with Crippen LogP contribution < -0.4 is 10.1 Å². The lowest BCUT2D eigenvalue weighted by Gasteiger charge is -2.31. The second kappa shape index (κ2) is 8.08. The molecule has 1 aliphatic rings. The first-order valence-electron chi connectivity index (χ1n) is 8.64. The zero-order valence-electron chi connectivity index (χ0n) is 15.4. The van der Waals surface area contributed by atoms with Crippen molar-refractivity contribution in [1.82, 2.24) is 9.21 Å². The molecule has 0 atom stereocenters. The smallest absolute Gasteiger partial charge is 0.255 e. The Hall–Kier alpha value is -2.42. The highest BCUT2D eigenvalue weighted by Crippen LogP contribution is 2.21. The second-order valence-electron chi connectivity index (χ2n) is 6.42. The molecule has 144 valence electrons. The summed E-state index contributed by atoms with van der Waals surface area (Å²) in [6, 6.07) is 13.1. The summed E-state index contributed by atoms with van der Waals surface area (Å²) in [5.74, 6) is 0.248. The molecule has 0 spiro atoms. The van der Waals surface area contributed by atoms with Crippen LogP contribution in [0.15, 0.2) is 53.4 Å². The molecular formula is C19H23N3O4S. The summed E-state index contributed by atoms with van der Waals surface area (Å²) in [5.41, 5.74) is 0.861. The number of carbonyl (C=O) groups is 1. The van der Waals surface area contributed by atoms with Crippen LogP contribution >= 0.6 is 0 Å². The predicted octanol–water partition coefficient (Wildman–Crippen LogP) is 1.88. The molecule has 0 radical (unpaired) electrons. The maximum absolute atomic E-state index is 12.9. The number of piperazine rings is 1. The number of nitrogens with one attached hydrogen (secondary N) is 1. The van der Waals surface area contributed by atoms with Crippen LogP contribution in [0.3, 0.4) is 0 Å². The van der Waals surface area contributed by atoms with Crippen LogP contribution in [0.25, 0.3) is 0 Å². The molecule has 8 heteroatoms. The van der Waals surface area contributed by atoms with Gasteiger partial charge in [0.15, 0.2) is 0 Å². The summed E-state index contributed by atoms with van der Waals surface area (Å²) in [6.45, 7) is 2.27. The summed E-state index contributed by atoms with van der Waals surface area (Å²) in [7, 11) is -0.103. The molecule has 0 aliphatic carbocycles. The van der Waals surface area contributed by atoms with Gasteiger partial charge in [0.25, 0.3) is 5.91 Å². The van der Waals surface area contributed by atoms with Crippen molar-refractivity contribution in [2.75, 3.05) is 45.7 Å². The molecule has 1 aliphatic heterocycles. The Morgan fingerprint density at radius 1 is 1.04 bits per heavy atom. The number of nitrogens with zero attached hydrogens (tertiary/aromatic N) is 2. The number of hydrogen-bond donors (Lipinski definition) is 1. The van der Waals surface area contributed by atoms with Crippen molar-refractivity contribution in [3.63, 3.8) is 0 Å². The normalized spacial score (nSPS) is 16.1. The standard InChI is InChI=1S/C19H23N3O4S/c1-21-9-11-22(12-10-21)27(24,25)18-8-3-5-15(13-18)19(23)20-16-6-4-7-17(14-16)26-2/h3-8,13-14H,9-12H2,1-2H3,(H,20,23). The molecule has 1 heterocycles. The molecule has 1 N–H and O–H groups in total. The highest BCUT2D eigenvalue weighted by Gasteiger charge is 2.27. The third kappa shape index (κ3) is 4.47. The number of hydrogen-bond acceptors (Lipinski definition) is 5. The lowest BCUT2D eigenvalue weighted by molar-refractivity contribution is 0.102. The zero-order valence-corrected chi connectivity index (χ0v) is 16.2. The van der Waals surface area contributed by atoms with E-state index in [1.807, 2.05) is 7.05 Å². The summed E-state index contributed by atoms with van der Waals surface area (Å²) < 4.78 is 32.3. The molecule has 1 fully saturated rings. The Labute approximate surface area is 159 Å². The van der Waals surface area contributed by atoms with Crippen LogP contribution in [-0.4, -0.2) is 63.9 Å². The van der Waals surface area contributed by atoms with E-state index in [2.05, 4.69) is 10.2 Å². The first-order valence-corrected chi connectivity index (χ1v) is 10.1. The van der Waals surface area contributed by atoms with E-state index in [1.165, 1.54) is 16.4 Å². The first kappa shape index (κ1) is 19.3. The van der Waals surface area contributed by atoms with Crippen molar-refractivity contribution in [2.24, 2.45) is 0 Å². The van der Waals surface area contributed by atoms with E-state index >= 15 is 0 Å². The number of benzene rings is 2. The lowest BCUT2D eigenvalue weighted by atomic mass is 10.2. The van der Waals surface area contributed by atoms with Crippen LogP contribution in [0.4, 0.5) is 5.69 Å². The van der Waals surface area contributed by atoms with Gasteiger partial charge in [0, 0.05) is 43.5 Å². The SMILES string of the molecule is COc1cccc(NC(=O)c2cccc(S(=O)(=O)N3CCN(C)CC3)c2)c1. The average molecular weight is 389 g/mol. The van der Waals surface area contributed by atoms with Gasteiger partial charge in [-0.15, -0.1) is 0 Å². The van der Waals surface area contributed by atoms with Crippen molar-refractivity contribution in [3.8, 4) is 5.75 Å². The number of rotatable bonds is 5. The third-order valence-electron chi connectivity index (χ3n) is 4.52. The summed E-state index contributed by atoms with van der Waals surface area (Å²) >= 11 is 0. The lowest BCUT2D eigenvalue weighted by Crippen LogP contribution is -2.47. The van der Waals surface area contributed by atoms with Gasteiger partial charge in [0.1, 0.15) is 5.75 Å². The van der Waals surface area contributed by atoms with E-state index < -0.39 is 10.0 Å². The number of methoxy groups -OCH3 is 1. The summed E-state index contributed by atoms with van der Waals surface area (Å²) in [5, 5.41) is 2.76. The molecule has 2 aromatic carbocycles. The Morgan fingerprint density at radius 2 is 1.74 bits per heavy atom. The monoisotopic (exact) mass is 389 g/mol. The number of amides is 1. The first-order chi connectivity index (χ1) is 12.9. The Bertz CT molecular complexity index is 922. The highest BCUT2D eigenvalue weighted by molar-refractivity contribution is 7.89. The van der Waals surface area contributed by atoms with Gasteiger partial charge in [-0.2, -0.15) is 4.31 Å². The van der Waals surface area contributed by atoms with Gasteiger partial charge in [-0.1, -0.05) is 12.1 Å². The predicted molar refractivity (Wildman–Crippen MR) is 104 cm³/mol. The van der Waals surface area contributed by atoms with E-state index in [-0.39, 0.29) is 16.4 Å². The molecule has 0 bridgehead atoms. The molecule has 0 aromatic heterocycles. The van der Waals surface area contributed by atoms with E-state index in [9.17, 15) is 13.2 Å². The van der Waals surface area contributed by atoms with Crippen LogP contribution in [0.1, 0.15) is 10.4 Å². The van der Waals surface area contributed by atoms with Crippen LogP contribution in [-0.2, 0) is 10.0 Å². The van der Waals surface area contributed by atoms with Gasteiger partial charge >= 0.3 is 0 Å². The number of carbonyl (C=O) groups excluding carboxylic acids is 1. The van der Waals surface area contributed by atoms with Crippen LogP contribution in [0.2, 0.25) is 0 Å². The number of sulfonamides is 1. The minimum absolute atomic E-state index is 0.130. The molecule has 1 amide bonds. The van der Waals surface area contributed by atoms with Crippen molar-refractivity contribution < 1.29 is 17.9 Å². The maximum atomic E-state index is 12.9. The second-order valence-corrected chi connectivity index (χ2v) is 8.36. The molecule has 3 rings (SSSR count). The minimum Gasteiger partial charge on any atom is -0.497 e. The van der Waals surface area contributed by atoms with E-state index in [4.69, 9.17) is 4.74 Å². The Balaban J connectivity index is 1.79. The van der Waals surface area contributed by atoms with Crippen molar-refractivity contribution in [2.45, 2.75) is 4.90 Å². The van der Waals surface area contributed by atoms with Gasteiger partial charge in [-0.3, -0.25) is 4.79 Å². The van der Waals surface area contributed by atoms with E-state index in [0.717, 1.165) is 0 Å². The van der Waals surface area contributed by atoms with Crippen molar-refractivity contribution in [3.05, 3.63) is 54.1 Å². The van der Waals surface area contributed by atoms with Gasteiger partial charge in [0.2, 0.25) is 10.0 Å². The number of ether oxygens (including phenoxy) is 1. The summed E-state index contributed by atoms with van der Waals surface area (Å²) in [6.07, 6.45) is 0. The third-order valence-corrected chi connectivity index (χ3v) is 6.42. The molecule has 7 nitrogen and oxygen atoms in total. The topological polar surface area (TPSA) is 78.9 Å². The number of likely N-dealkylation sites (N-methyl/N-ethyl adjacent to an activating group) is 1. The van der Waals surface area contributed by atoms with Gasteiger partial charge in [0.05, 0.1) is 12.0 Å². The zero-order chi connectivity index (χ0) is 19.4. The van der Waals surface area contributed by atoms with Crippen LogP contribution in [0, 0.1) is 0 Å². The van der Waals surface area contributed by atoms with Gasteiger partial charge in [-0.25, -0.2) is 8.42 Å². The highest BCUT2D eigenvalue weighted by atomic mass is 32.2.